The molecule has 0 radical (unpaired) electrons. The number of amides is 2. The van der Waals surface area contributed by atoms with E-state index in [1.807, 2.05) is 6.07 Å². The molecule has 1 N–H and O–H groups in total. The van der Waals surface area contributed by atoms with Crippen molar-refractivity contribution in [3.05, 3.63) is 29.1 Å². The van der Waals surface area contributed by atoms with Crippen LogP contribution < -0.4 is 10.2 Å². The average molecular weight is 382 g/mol. The number of hydrogen-bond donors (Lipinski definition) is 1. The van der Waals surface area contributed by atoms with Crippen molar-refractivity contribution in [2.45, 2.75) is 19.3 Å². The van der Waals surface area contributed by atoms with E-state index in [1.165, 1.54) is 6.42 Å². The fraction of sp³-hybridized carbons (Fsp3) is 0.312. The van der Waals surface area contributed by atoms with Crippen LogP contribution in [0.1, 0.15) is 25.0 Å². The van der Waals surface area contributed by atoms with Crippen molar-refractivity contribution >= 4 is 97.2 Å². The fourth-order valence-corrected chi connectivity index (χ4v) is 3.58. The van der Waals surface area contributed by atoms with Crippen LogP contribution in [0, 0.1) is 0 Å². The van der Waals surface area contributed by atoms with Crippen molar-refractivity contribution < 1.29 is 9.59 Å². The van der Waals surface area contributed by atoms with Gasteiger partial charge in [0.25, 0.3) is 11.1 Å². The Balaban J connectivity index is 0.00000182. The maximum absolute atomic E-state index is 11.7. The van der Waals surface area contributed by atoms with E-state index in [9.17, 15) is 9.59 Å². The van der Waals surface area contributed by atoms with Crippen LogP contribution in [-0.2, 0) is 4.79 Å². The van der Waals surface area contributed by atoms with Gasteiger partial charge in [-0.1, -0.05) is 0 Å². The second-order valence-corrected chi connectivity index (χ2v) is 6.72. The van der Waals surface area contributed by atoms with Gasteiger partial charge < -0.3 is 4.90 Å². The van der Waals surface area contributed by atoms with E-state index in [2.05, 4.69) is 25.2 Å². The van der Waals surface area contributed by atoms with Crippen molar-refractivity contribution in [1.29, 1.82) is 0 Å². The topological polar surface area (TPSA) is 88.1 Å². The monoisotopic (exact) mass is 381 g/mol. The van der Waals surface area contributed by atoms with Crippen LogP contribution in [-0.4, -0.2) is 90.6 Å². The number of rotatable bonds is 2. The third-order valence-corrected chi connectivity index (χ3v) is 4.87. The molecule has 4 heterocycles. The predicted octanol–water partition coefficient (Wildman–Crippen LogP) is 1.69. The molecule has 2 fully saturated rings. The SMILES string of the molecule is O=C1NC(=O)C(=Cc2ccc3ncnc(N4CCCCC4)c3n2)S1.[KH]. The van der Waals surface area contributed by atoms with Crippen LogP contribution in [0.2, 0.25) is 0 Å². The molecule has 2 amide bonds. The number of imide groups is 1. The Kier molecular flexibility index (Phi) is 6.24. The molecule has 2 aliphatic rings. The summed E-state index contributed by atoms with van der Waals surface area (Å²) >= 11 is 0.886. The first-order valence-corrected chi connectivity index (χ1v) is 8.64. The standard InChI is InChI=1S/C16H15N5O2S.K.H/c22-15-12(24-16(23)20-15)8-10-4-5-11-13(19-10)14(18-9-17-11)21-6-2-1-3-7-21;;/h4-5,8-9H,1-3,6-7H2,(H,20,22,23);;. The molecule has 7 nitrogen and oxygen atoms in total. The molecule has 9 heteroatoms. The number of aromatic nitrogens is 3. The third kappa shape index (κ3) is 4.12. The van der Waals surface area contributed by atoms with E-state index >= 15 is 0 Å². The number of pyridine rings is 1. The second kappa shape index (κ2) is 8.23. The van der Waals surface area contributed by atoms with Gasteiger partial charge >= 0.3 is 51.4 Å². The fourth-order valence-electron chi connectivity index (χ4n) is 2.92. The minimum absolute atomic E-state index is 0. The summed E-state index contributed by atoms with van der Waals surface area (Å²) in [5.74, 6) is 0.451. The maximum atomic E-state index is 11.7. The quantitative estimate of drug-likeness (QED) is 0.625. The molecule has 0 atom stereocenters. The van der Waals surface area contributed by atoms with E-state index in [1.54, 1.807) is 18.5 Å². The Morgan fingerprint density at radius 1 is 1.12 bits per heavy atom. The first kappa shape index (κ1) is 18.9. The van der Waals surface area contributed by atoms with Gasteiger partial charge in [0.05, 0.1) is 16.1 Å². The Labute approximate surface area is 191 Å². The number of hydrogen-bond acceptors (Lipinski definition) is 7. The Bertz CT molecular complexity index is 867. The number of carbonyl (C=O) groups is 2. The number of nitrogens with one attached hydrogen (secondary N) is 1. The molecule has 0 spiro atoms. The number of thioether (sulfide) groups is 1. The van der Waals surface area contributed by atoms with Crippen molar-refractivity contribution in [3.8, 4) is 0 Å². The van der Waals surface area contributed by atoms with Crippen molar-refractivity contribution in [2.24, 2.45) is 0 Å². The molecule has 25 heavy (non-hydrogen) atoms. The zero-order valence-corrected chi connectivity index (χ0v) is 13.7. The normalized spacial score (nSPS) is 19.2. The summed E-state index contributed by atoms with van der Waals surface area (Å²) in [6.07, 6.45) is 6.72. The second-order valence-electron chi connectivity index (χ2n) is 5.70. The van der Waals surface area contributed by atoms with Gasteiger partial charge in [0.15, 0.2) is 5.82 Å². The Hall–Kier alpha value is -0.844. The first-order valence-electron chi connectivity index (χ1n) is 7.82. The van der Waals surface area contributed by atoms with Crippen LogP contribution in [0.25, 0.3) is 17.1 Å². The molecule has 0 aromatic carbocycles. The summed E-state index contributed by atoms with van der Waals surface area (Å²) in [4.78, 5) is 38.9. The average Bonchev–Trinajstić information content (AvgIpc) is 2.92. The molecule has 124 valence electrons. The zero-order chi connectivity index (χ0) is 16.5. The van der Waals surface area contributed by atoms with Gasteiger partial charge in [-0.15, -0.1) is 0 Å². The molecule has 2 saturated heterocycles. The summed E-state index contributed by atoms with van der Waals surface area (Å²) in [6.45, 7) is 1.93. The van der Waals surface area contributed by atoms with E-state index in [-0.39, 0.29) is 62.5 Å². The molecule has 2 aromatic rings. The number of anilines is 1. The minimum atomic E-state index is -0.382. The number of fused-ring (bicyclic) bond motifs is 1. The van der Waals surface area contributed by atoms with Gasteiger partial charge in [-0.05, 0) is 49.2 Å². The van der Waals surface area contributed by atoms with E-state index in [4.69, 9.17) is 0 Å². The molecule has 2 aliphatic heterocycles. The number of nitrogens with zero attached hydrogens (tertiary/aromatic N) is 4. The molecule has 0 unspecified atom stereocenters. The molecule has 0 bridgehead atoms. The predicted molar refractivity (Wildman–Crippen MR) is 99.7 cm³/mol. The summed E-state index contributed by atoms with van der Waals surface area (Å²) in [6, 6.07) is 3.65. The Morgan fingerprint density at radius 3 is 2.64 bits per heavy atom. The van der Waals surface area contributed by atoms with Gasteiger partial charge in [-0.3, -0.25) is 14.9 Å². The van der Waals surface area contributed by atoms with Crippen molar-refractivity contribution in [2.75, 3.05) is 18.0 Å². The van der Waals surface area contributed by atoms with Crippen LogP contribution in [0.3, 0.4) is 0 Å². The van der Waals surface area contributed by atoms with Crippen molar-refractivity contribution in [1.82, 2.24) is 20.3 Å². The molecule has 0 aliphatic carbocycles. The van der Waals surface area contributed by atoms with Gasteiger partial charge in [0.1, 0.15) is 11.8 Å². The summed E-state index contributed by atoms with van der Waals surface area (Å²) in [5.41, 5.74) is 2.11. The van der Waals surface area contributed by atoms with E-state index < -0.39 is 0 Å². The zero-order valence-electron chi connectivity index (χ0n) is 12.9. The van der Waals surface area contributed by atoms with Crippen LogP contribution in [0.15, 0.2) is 23.4 Å². The van der Waals surface area contributed by atoms with E-state index in [0.717, 1.165) is 54.5 Å². The Morgan fingerprint density at radius 2 is 1.92 bits per heavy atom. The van der Waals surface area contributed by atoms with Gasteiger partial charge in [0, 0.05) is 13.1 Å². The first-order chi connectivity index (χ1) is 11.7. The third-order valence-electron chi connectivity index (χ3n) is 4.06. The molecule has 2 aromatic heterocycles. The summed E-state index contributed by atoms with van der Waals surface area (Å²) < 4.78 is 0. The van der Waals surface area contributed by atoms with Gasteiger partial charge in [0.2, 0.25) is 0 Å². The van der Waals surface area contributed by atoms with Crippen LogP contribution >= 0.6 is 11.8 Å². The van der Waals surface area contributed by atoms with Gasteiger partial charge in [-0.2, -0.15) is 0 Å². The number of carbonyl (C=O) groups excluding carboxylic acids is 2. The van der Waals surface area contributed by atoms with Crippen LogP contribution in [0.5, 0.6) is 0 Å². The summed E-state index contributed by atoms with van der Waals surface area (Å²) in [5, 5.41) is 1.89. The number of piperidine rings is 1. The van der Waals surface area contributed by atoms with Gasteiger partial charge in [-0.25, -0.2) is 15.0 Å². The van der Waals surface area contributed by atoms with Crippen molar-refractivity contribution in [3.63, 3.8) is 0 Å². The molecular weight excluding hydrogens is 365 g/mol. The van der Waals surface area contributed by atoms with E-state index in [0.29, 0.717) is 10.6 Å². The molecular formula is C16H16KN5O2S. The summed E-state index contributed by atoms with van der Waals surface area (Å²) in [7, 11) is 0. The molecule has 0 saturated carbocycles. The van der Waals surface area contributed by atoms with Crippen LogP contribution in [0.4, 0.5) is 10.6 Å². The molecule has 4 rings (SSSR count).